The third-order valence-electron chi connectivity index (χ3n) is 4.01. The highest BCUT2D eigenvalue weighted by Gasteiger charge is 2.16. The maximum atomic E-state index is 12.9. The van der Waals surface area contributed by atoms with Gasteiger partial charge in [-0.25, -0.2) is 0 Å². The molecular weight excluding hydrogens is 468 g/mol. The van der Waals surface area contributed by atoms with Crippen LogP contribution in [0.2, 0.25) is 5.02 Å². The Morgan fingerprint density at radius 1 is 0.900 bits per heavy atom. The summed E-state index contributed by atoms with van der Waals surface area (Å²) in [7, 11) is 0. The molecule has 0 bridgehead atoms. The number of halogens is 2. The van der Waals surface area contributed by atoms with Crippen LogP contribution in [0.1, 0.15) is 34.6 Å². The molecule has 2 N–H and O–H groups in total. The average Bonchev–Trinajstić information content (AvgIpc) is 2.69. The quantitative estimate of drug-likeness (QED) is 0.423. The van der Waals surface area contributed by atoms with Gasteiger partial charge in [-0.15, -0.1) is 0 Å². The van der Waals surface area contributed by atoms with Gasteiger partial charge in [0.25, 0.3) is 11.8 Å². The standard InChI is InChI=1S/C23H20BrClN2O3/c1-14(2)30-21-10-9-16(24)12-20(21)23(29)27-18-7-3-5-15(11-18)22(28)26-19-8-4-6-17(25)13-19/h3-14H,1-2H3,(H,26,28)(H,27,29). The summed E-state index contributed by atoms with van der Waals surface area (Å²) in [5, 5.41) is 6.14. The SMILES string of the molecule is CC(C)Oc1ccc(Br)cc1C(=O)Nc1cccc(C(=O)Nc2cccc(Cl)c2)c1. The normalized spacial score (nSPS) is 10.6. The molecular formula is C23H20BrClN2O3. The molecule has 0 saturated heterocycles. The van der Waals surface area contributed by atoms with Crippen molar-refractivity contribution in [2.24, 2.45) is 0 Å². The van der Waals surface area contributed by atoms with Crippen LogP contribution in [0.25, 0.3) is 0 Å². The van der Waals surface area contributed by atoms with Crippen molar-refractivity contribution >= 4 is 50.7 Å². The predicted molar refractivity (Wildman–Crippen MR) is 124 cm³/mol. The maximum absolute atomic E-state index is 12.9. The molecule has 0 saturated carbocycles. The van der Waals surface area contributed by atoms with Crippen LogP contribution in [0, 0.1) is 0 Å². The molecule has 7 heteroatoms. The molecule has 0 fully saturated rings. The van der Waals surface area contributed by atoms with Crippen LogP contribution in [-0.4, -0.2) is 17.9 Å². The average molecular weight is 488 g/mol. The highest BCUT2D eigenvalue weighted by atomic mass is 79.9. The summed E-state index contributed by atoms with van der Waals surface area (Å²) in [6.45, 7) is 3.79. The first-order valence-corrected chi connectivity index (χ1v) is 10.4. The molecule has 0 aliphatic carbocycles. The fourth-order valence-electron chi connectivity index (χ4n) is 2.74. The van der Waals surface area contributed by atoms with Crippen molar-refractivity contribution in [2.75, 3.05) is 10.6 Å². The molecule has 2 amide bonds. The molecule has 0 aromatic heterocycles. The molecule has 0 aliphatic rings. The third-order valence-corrected chi connectivity index (χ3v) is 4.74. The number of hydrogen-bond acceptors (Lipinski definition) is 3. The van der Waals surface area contributed by atoms with Crippen molar-refractivity contribution in [3.8, 4) is 5.75 Å². The first-order valence-electron chi connectivity index (χ1n) is 9.26. The number of ether oxygens (including phenoxy) is 1. The Labute approximate surface area is 188 Å². The van der Waals surface area contributed by atoms with Crippen molar-refractivity contribution in [3.05, 3.63) is 87.4 Å². The van der Waals surface area contributed by atoms with Gasteiger partial charge >= 0.3 is 0 Å². The second-order valence-corrected chi connectivity index (χ2v) is 8.16. The first kappa shape index (κ1) is 21.9. The van der Waals surface area contributed by atoms with E-state index in [1.807, 2.05) is 19.9 Å². The topological polar surface area (TPSA) is 67.4 Å². The van der Waals surface area contributed by atoms with Crippen LogP contribution < -0.4 is 15.4 Å². The van der Waals surface area contributed by atoms with Gasteiger partial charge in [0.05, 0.1) is 11.7 Å². The summed E-state index contributed by atoms with van der Waals surface area (Å²) in [5.74, 6) is -0.153. The minimum atomic E-state index is -0.334. The summed E-state index contributed by atoms with van der Waals surface area (Å²) in [6, 6.07) is 18.8. The lowest BCUT2D eigenvalue weighted by molar-refractivity contribution is 0.101. The number of benzene rings is 3. The van der Waals surface area contributed by atoms with Crippen LogP contribution in [0.4, 0.5) is 11.4 Å². The van der Waals surface area contributed by atoms with Crippen LogP contribution in [0.15, 0.2) is 71.2 Å². The molecule has 0 atom stereocenters. The Hall–Kier alpha value is -2.83. The molecule has 0 radical (unpaired) electrons. The molecule has 0 unspecified atom stereocenters. The van der Waals surface area contributed by atoms with Crippen molar-refractivity contribution < 1.29 is 14.3 Å². The largest absolute Gasteiger partial charge is 0.490 e. The van der Waals surface area contributed by atoms with Gasteiger partial charge in [-0.1, -0.05) is 39.7 Å². The first-order chi connectivity index (χ1) is 14.3. The van der Waals surface area contributed by atoms with Crippen LogP contribution in [0.5, 0.6) is 5.75 Å². The van der Waals surface area contributed by atoms with E-state index in [4.69, 9.17) is 16.3 Å². The smallest absolute Gasteiger partial charge is 0.259 e. The highest BCUT2D eigenvalue weighted by Crippen LogP contribution is 2.26. The van der Waals surface area contributed by atoms with E-state index in [1.54, 1.807) is 60.7 Å². The van der Waals surface area contributed by atoms with Crippen molar-refractivity contribution in [2.45, 2.75) is 20.0 Å². The number of rotatable bonds is 6. The highest BCUT2D eigenvalue weighted by molar-refractivity contribution is 9.10. The van der Waals surface area contributed by atoms with Gasteiger partial charge in [-0.2, -0.15) is 0 Å². The second-order valence-electron chi connectivity index (χ2n) is 6.81. The fraction of sp³-hybridized carbons (Fsp3) is 0.130. The zero-order chi connectivity index (χ0) is 21.7. The lowest BCUT2D eigenvalue weighted by Gasteiger charge is -2.15. The van der Waals surface area contributed by atoms with Crippen molar-refractivity contribution in [1.29, 1.82) is 0 Å². The van der Waals surface area contributed by atoms with Crippen molar-refractivity contribution in [3.63, 3.8) is 0 Å². The monoisotopic (exact) mass is 486 g/mol. The molecule has 0 aliphatic heterocycles. The number of amides is 2. The molecule has 154 valence electrons. The second kappa shape index (κ2) is 9.78. The van der Waals surface area contributed by atoms with Gasteiger partial charge in [0.2, 0.25) is 0 Å². The molecule has 5 nitrogen and oxygen atoms in total. The summed E-state index contributed by atoms with van der Waals surface area (Å²) >= 11 is 9.34. The van der Waals surface area contributed by atoms with Gasteiger partial charge in [0.15, 0.2) is 0 Å². The fourth-order valence-corrected chi connectivity index (χ4v) is 3.29. The van der Waals surface area contributed by atoms with Crippen LogP contribution in [-0.2, 0) is 0 Å². The van der Waals surface area contributed by atoms with Crippen LogP contribution in [0.3, 0.4) is 0 Å². The Morgan fingerprint density at radius 3 is 2.27 bits per heavy atom. The minimum Gasteiger partial charge on any atom is -0.490 e. The summed E-state index contributed by atoms with van der Waals surface area (Å²) in [5.41, 5.74) is 1.88. The van der Waals surface area contributed by atoms with Crippen molar-refractivity contribution in [1.82, 2.24) is 0 Å². The van der Waals surface area contributed by atoms with Gasteiger partial charge in [0, 0.05) is 26.4 Å². The van der Waals surface area contributed by atoms with Crippen LogP contribution >= 0.6 is 27.5 Å². The maximum Gasteiger partial charge on any atom is 0.259 e. The molecule has 0 spiro atoms. The Morgan fingerprint density at radius 2 is 1.57 bits per heavy atom. The molecule has 30 heavy (non-hydrogen) atoms. The lowest BCUT2D eigenvalue weighted by Crippen LogP contribution is -2.17. The summed E-state index contributed by atoms with van der Waals surface area (Å²) < 4.78 is 6.50. The third kappa shape index (κ3) is 5.84. The van der Waals surface area contributed by atoms with E-state index in [1.165, 1.54) is 0 Å². The zero-order valence-corrected chi connectivity index (χ0v) is 18.8. The van der Waals surface area contributed by atoms with E-state index in [9.17, 15) is 9.59 Å². The Bertz CT molecular complexity index is 1090. The zero-order valence-electron chi connectivity index (χ0n) is 16.4. The van der Waals surface area contributed by atoms with E-state index in [0.29, 0.717) is 33.3 Å². The van der Waals surface area contributed by atoms with Gasteiger partial charge in [-0.05, 0) is 68.4 Å². The lowest BCUT2D eigenvalue weighted by atomic mass is 10.1. The number of hydrogen-bond donors (Lipinski definition) is 2. The van der Waals surface area contributed by atoms with Gasteiger partial charge in [0.1, 0.15) is 5.75 Å². The molecule has 3 rings (SSSR count). The van der Waals surface area contributed by atoms with Gasteiger partial charge in [-0.3, -0.25) is 9.59 Å². The van der Waals surface area contributed by atoms with E-state index in [-0.39, 0.29) is 17.9 Å². The van der Waals surface area contributed by atoms with E-state index < -0.39 is 0 Å². The van der Waals surface area contributed by atoms with E-state index >= 15 is 0 Å². The summed E-state index contributed by atoms with van der Waals surface area (Å²) in [4.78, 5) is 25.4. The number of anilines is 2. The molecule has 3 aromatic carbocycles. The van der Waals surface area contributed by atoms with E-state index in [2.05, 4.69) is 26.6 Å². The molecule has 3 aromatic rings. The van der Waals surface area contributed by atoms with E-state index in [0.717, 1.165) is 4.47 Å². The Balaban J connectivity index is 1.77. The summed E-state index contributed by atoms with van der Waals surface area (Å²) in [6.07, 6.45) is -0.0729. The molecule has 0 heterocycles. The van der Waals surface area contributed by atoms with Gasteiger partial charge < -0.3 is 15.4 Å². The number of carbonyl (C=O) groups excluding carboxylic acids is 2. The number of nitrogens with one attached hydrogen (secondary N) is 2. The number of carbonyl (C=O) groups is 2. The Kier molecular flexibility index (Phi) is 7.13. The predicted octanol–water partition coefficient (Wildman–Crippen LogP) is 6.39. The minimum absolute atomic E-state index is 0.0729.